The summed E-state index contributed by atoms with van der Waals surface area (Å²) in [5.74, 6) is 0. The van der Waals surface area contributed by atoms with Gasteiger partial charge in [-0.15, -0.1) is 0 Å². The van der Waals surface area contributed by atoms with Gasteiger partial charge in [0.15, 0.2) is 0 Å². The fourth-order valence-electron chi connectivity index (χ4n) is 3.03. The molecule has 25 heavy (non-hydrogen) atoms. The van der Waals surface area contributed by atoms with Crippen LogP contribution in [0.4, 0.5) is 5.69 Å². The summed E-state index contributed by atoms with van der Waals surface area (Å²) in [4.78, 5) is 2.47. The van der Waals surface area contributed by atoms with Crippen molar-refractivity contribution in [2.75, 3.05) is 31.1 Å². The van der Waals surface area contributed by atoms with Crippen LogP contribution in [-0.4, -0.2) is 38.9 Å². The molecule has 0 radical (unpaired) electrons. The number of hydrogen-bond acceptors (Lipinski definition) is 3. The molecule has 2 aromatic rings. The second-order valence-corrected chi connectivity index (χ2v) is 8.94. The molecule has 134 valence electrons. The lowest BCUT2D eigenvalue weighted by Gasteiger charge is -2.36. The number of halogens is 2. The molecule has 7 heteroatoms. The van der Waals surface area contributed by atoms with E-state index >= 15 is 0 Å². The van der Waals surface area contributed by atoms with Crippen molar-refractivity contribution in [3.8, 4) is 0 Å². The van der Waals surface area contributed by atoms with Gasteiger partial charge in [0.05, 0.1) is 4.90 Å². The molecule has 0 aliphatic carbocycles. The van der Waals surface area contributed by atoms with Crippen LogP contribution in [0.2, 0.25) is 10.0 Å². The van der Waals surface area contributed by atoms with Crippen LogP contribution >= 0.6 is 23.2 Å². The maximum Gasteiger partial charge on any atom is 0.243 e. The highest BCUT2D eigenvalue weighted by Gasteiger charge is 2.29. The van der Waals surface area contributed by atoms with Gasteiger partial charge >= 0.3 is 0 Å². The van der Waals surface area contributed by atoms with E-state index in [4.69, 9.17) is 23.2 Å². The predicted molar refractivity (Wildman–Crippen MR) is 103 cm³/mol. The Kier molecular flexibility index (Phi) is 5.30. The van der Waals surface area contributed by atoms with Crippen molar-refractivity contribution in [1.29, 1.82) is 0 Å². The molecular formula is C18H20Cl2N2O2S. The lowest BCUT2D eigenvalue weighted by Crippen LogP contribution is -2.48. The van der Waals surface area contributed by atoms with Crippen LogP contribution in [0, 0.1) is 13.8 Å². The summed E-state index contributed by atoms with van der Waals surface area (Å²) in [5, 5.41) is 1.30. The Morgan fingerprint density at radius 2 is 1.60 bits per heavy atom. The Balaban J connectivity index is 1.77. The molecule has 1 saturated heterocycles. The summed E-state index contributed by atoms with van der Waals surface area (Å²) in [5.41, 5.74) is 2.84. The number of nitrogens with zero attached hydrogens (tertiary/aromatic N) is 2. The predicted octanol–water partition coefficient (Wildman–Crippen LogP) is 4.12. The molecule has 1 aliphatic rings. The molecule has 0 amide bonds. The Labute approximate surface area is 159 Å². The number of piperazine rings is 1. The van der Waals surface area contributed by atoms with Crippen molar-refractivity contribution >= 4 is 38.9 Å². The third-order valence-corrected chi connectivity index (χ3v) is 7.31. The number of anilines is 1. The van der Waals surface area contributed by atoms with E-state index in [1.54, 1.807) is 25.1 Å². The smallest absolute Gasteiger partial charge is 0.243 e. The zero-order valence-corrected chi connectivity index (χ0v) is 16.5. The average Bonchev–Trinajstić information content (AvgIpc) is 2.60. The van der Waals surface area contributed by atoms with Crippen LogP contribution in [0.15, 0.2) is 41.3 Å². The third kappa shape index (κ3) is 3.65. The minimum absolute atomic E-state index is 0.293. The molecule has 1 heterocycles. The summed E-state index contributed by atoms with van der Waals surface area (Å²) in [6.45, 7) is 5.93. The molecule has 0 aromatic heterocycles. The van der Waals surface area contributed by atoms with Crippen LogP contribution in [0.25, 0.3) is 0 Å². The lowest BCUT2D eigenvalue weighted by molar-refractivity contribution is 0.384. The first-order valence-electron chi connectivity index (χ1n) is 8.07. The van der Waals surface area contributed by atoms with E-state index in [0.29, 0.717) is 36.1 Å². The lowest BCUT2D eigenvalue weighted by atomic mass is 10.1. The molecule has 2 aromatic carbocycles. The van der Waals surface area contributed by atoms with E-state index in [2.05, 4.69) is 4.90 Å². The van der Waals surface area contributed by atoms with Crippen LogP contribution in [0.3, 0.4) is 0 Å². The molecule has 0 atom stereocenters. The summed E-state index contributed by atoms with van der Waals surface area (Å²) >= 11 is 12.2. The van der Waals surface area contributed by atoms with Crippen molar-refractivity contribution in [3.63, 3.8) is 0 Å². The first-order valence-corrected chi connectivity index (χ1v) is 10.3. The van der Waals surface area contributed by atoms with Gasteiger partial charge in [-0.05, 0) is 55.3 Å². The Morgan fingerprint density at radius 3 is 2.24 bits per heavy atom. The van der Waals surface area contributed by atoms with Gasteiger partial charge in [-0.3, -0.25) is 0 Å². The van der Waals surface area contributed by atoms with Crippen LogP contribution in [0.1, 0.15) is 11.1 Å². The normalized spacial score (nSPS) is 16.2. The molecule has 4 nitrogen and oxygen atoms in total. The number of sulfonamides is 1. The molecule has 1 fully saturated rings. The number of rotatable bonds is 3. The molecule has 0 bridgehead atoms. The Bertz CT molecular complexity index is 892. The molecule has 3 rings (SSSR count). The summed E-state index contributed by atoms with van der Waals surface area (Å²) in [6, 6.07) is 10.6. The van der Waals surface area contributed by atoms with Gasteiger partial charge < -0.3 is 4.90 Å². The number of benzene rings is 2. The largest absolute Gasteiger partial charge is 0.369 e. The van der Waals surface area contributed by atoms with Crippen LogP contribution in [0.5, 0.6) is 0 Å². The average molecular weight is 399 g/mol. The minimum Gasteiger partial charge on any atom is -0.369 e. The zero-order valence-electron chi connectivity index (χ0n) is 14.2. The molecule has 0 saturated carbocycles. The molecule has 0 unspecified atom stereocenters. The van der Waals surface area contributed by atoms with Gasteiger partial charge in [-0.1, -0.05) is 29.3 Å². The van der Waals surface area contributed by atoms with Gasteiger partial charge in [-0.2, -0.15) is 4.31 Å². The molecule has 0 spiro atoms. The van der Waals surface area contributed by atoms with Crippen molar-refractivity contribution in [3.05, 3.63) is 57.6 Å². The van der Waals surface area contributed by atoms with Crippen molar-refractivity contribution in [2.24, 2.45) is 0 Å². The Hall–Kier alpha value is -1.27. The standard InChI is InChI=1S/C18H20Cl2N2O2S/c1-13-12-15(6-7-16(13)19)25(23,24)22-10-8-21(9-11-22)18-5-3-4-17(20)14(18)2/h3-7,12H,8-11H2,1-2H3. The summed E-state index contributed by atoms with van der Waals surface area (Å²) < 4.78 is 27.3. The molecule has 1 aliphatic heterocycles. The van der Waals surface area contributed by atoms with Gasteiger partial charge in [0.25, 0.3) is 0 Å². The van der Waals surface area contributed by atoms with Gasteiger partial charge in [-0.25, -0.2) is 8.42 Å². The number of hydrogen-bond donors (Lipinski definition) is 0. The van der Waals surface area contributed by atoms with Gasteiger partial charge in [0.1, 0.15) is 0 Å². The molecule has 0 N–H and O–H groups in total. The van der Waals surface area contributed by atoms with Crippen LogP contribution < -0.4 is 4.90 Å². The molecular weight excluding hydrogens is 379 g/mol. The van der Waals surface area contributed by atoms with E-state index in [1.807, 2.05) is 25.1 Å². The van der Waals surface area contributed by atoms with Gasteiger partial charge in [0, 0.05) is 41.9 Å². The van der Waals surface area contributed by atoms with E-state index < -0.39 is 10.0 Å². The highest BCUT2D eigenvalue weighted by Crippen LogP contribution is 2.28. The second kappa shape index (κ2) is 7.16. The monoisotopic (exact) mass is 398 g/mol. The quantitative estimate of drug-likeness (QED) is 0.780. The fraction of sp³-hybridized carbons (Fsp3) is 0.333. The van der Waals surface area contributed by atoms with Gasteiger partial charge in [0.2, 0.25) is 10.0 Å². The topological polar surface area (TPSA) is 40.6 Å². The Morgan fingerprint density at radius 1 is 0.920 bits per heavy atom. The maximum atomic E-state index is 12.9. The highest BCUT2D eigenvalue weighted by molar-refractivity contribution is 7.89. The van der Waals surface area contributed by atoms with Crippen LogP contribution in [-0.2, 0) is 10.0 Å². The van der Waals surface area contributed by atoms with E-state index in [-0.39, 0.29) is 0 Å². The third-order valence-electron chi connectivity index (χ3n) is 4.59. The maximum absolute atomic E-state index is 12.9. The second-order valence-electron chi connectivity index (χ2n) is 6.19. The van der Waals surface area contributed by atoms with E-state index in [9.17, 15) is 8.42 Å². The number of aryl methyl sites for hydroxylation is 1. The first-order chi connectivity index (χ1) is 11.8. The van der Waals surface area contributed by atoms with Crippen molar-refractivity contribution in [1.82, 2.24) is 4.31 Å². The van der Waals surface area contributed by atoms with Crippen molar-refractivity contribution < 1.29 is 8.42 Å². The zero-order chi connectivity index (χ0) is 18.2. The summed E-state index contributed by atoms with van der Waals surface area (Å²) in [7, 11) is -3.50. The highest BCUT2D eigenvalue weighted by atomic mass is 35.5. The SMILES string of the molecule is Cc1cc(S(=O)(=O)N2CCN(c3cccc(Cl)c3C)CC2)ccc1Cl. The van der Waals surface area contributed by atoms with E-state index in [1.165, 1.54) is 4.31 Å². The fourth-order valence-corrected chi connectivity index (χ4v) is 4.83. The minimum atomic E-state index is -3.50. The summed E-state index contributed by atoms with van der Waals surface area (Å²) in [6.07, 6.45) is 0. The van der Waals surface area contributed by atoms with Crippen molar-refractivity contribution in [2.45, 2.75) is 18.7 Å². The first kappa shape index (κ1) is 18.5. The van der Waals surface area contributed by atoms with E-state index in [0.717, 1.165) is 21.8 Å².